The van der Waals surface area contributed by atoms with Crippen molar-refractivity contribution in [3.63, 3.8) is 0 Å². The number of nitro benzene ring substituents is 2. The third kappa shape index (κ3) is 3.97. The summed E-state index contributed by atoms with van der Waals surface area (Å²) in [6, 6.07) is 10.8. The first kappa shape index (κ1) is 15.8. The molecule has 0 spiro atoms. The van der Waals surface area contributed by atoms with E-state index in [1.807, 2.05) is 24.3 Å². The quantitative estimate of drug-likeness (QED) is 0.350. The predicted octanol–water partition coefficient (Wildman–Crippen LogP) is 3.55. The highest BCUT2D eigenvalue weighted by Crippen LogP contribution is 2.28. The van der Waals surface area contributed by atoms with Gasteiger partial charge in [0.2, 0.25) is 0 Å². The Morgan fingerprint density at radius 2 is 1.73 bits per heavy atom. The van der Waals surface area contributed by atoms with E-state index >= 15 is 0 Å². The molecule has 1 N–H and O–H groups in total. The number of nitrogens with zero attached hydrogens (tertiary/aromatic N) is 3. The van der Waals surface area contributed by atoms with E-state index in [2.05, 4.69) is 33.1 Å². The van der Waals surface area contributed by atoms with Gasteiger partial charge in [-0.2, -0.15) is 5.10 Å². The van der Waals surface area contributed by atoms with E-state index in [9.17, 15) is 20.2 Å². The molecule has 0 saturated heterocycles. The summed E-state index contributed by atoms with van der Waals surface area (Å²) in [5.41, 5.74) is 2.67. The van der Waals surface area contributed by atoms with E-state index in [4.69, 9.17) is 0 Å². The third-order valence-corrected chi connectivity index (χ3v) is 3.38. The number of nitro groups is 2. The smallest absolute Gasteiger partial charge is 0.272 e. The molecule has 0 bridgehead atoms. The van der Waals surface area contributed by atoms with Gasteiger partial charge in [0, 0.05) is 9.64 Å². The number of hydrazone groups is 1. The third-order valence-electron chi connectivity index (χ3n) is 2.66. The fourth-order valence-corrected chi connectivity index (χ4v) is 1.96. The van der Waals surface area contributed by atoms with Crippen molar-refractivity contribution in [2.45, 2.75) is 0 Å². The second kappa shape index (κ2) is 6.93. The van der Waals surface area contributed by atoms with Gasteiger partial charge in [-0.3, -0.25) is 25.7 Å². The van der Waals surface area contributed by atoms with Crippen LogP contribution in [0.3, 0.4) is 0 Å². The number of non-ortho nitro benzene ring substituents is 1. The molecule has 2 aromatic rings. The lowest BCUT2D eigenvalue weighted by Crippen LogP contribution is -1.98. The molecule has 0 fully saturated rings. The lowest BCUT2D eigenvalue weighted by molar-refractivity contribution is -0.393. The van der Waals surface area contributed by atoms with Crippen LogP contribution in [0.1, 0.15) is 5.56 Å². The Bertz CT molecular complexity index is 746. The Balaban J connectivity index is 2.20. The van der Waals surface area contributed by atoms with Crippen LogP contribution >= 0.6 is 22.6 Å². The van der Waals surface area contributed by atoms with Crippen molar-refractivity contribution >= 4 is 45.9 Å². The second-order valence-electron chi connectivity index (χ2n) is 4.14. The molecule has 8 nitrogen and oxygen atoms in total. The van der Waals surface area contributed by atoms with E-state index in [0.717, 1.165) is 15.2 Å². The van der Waals surface area contributed by atoms with E-state index in [1.165, 1.54) is 18.3 Å². The highest BCUT2D eigenvalue weighted by atomic mass is 127. The molecule has 0 aliphatic rings. The minimum absolute atomic E-state index is 0.0809. The maximum Gasteiger partial charge on any atom is 0.301 e. The maximum absolute atomic E-state index is 11.0. The van der Waals surface area contributed by atoms with Gasteiger partial charge in [0.05, 0.1) is 22.1 Å². The molecule has 0 amide bonds. The lowest BCUT2D eigenvalue weighted by Gasteiger charge is -2.02. The van der Waals surface area contributed by atoms with E-state index in [0.29, 0.717) is 0 Å². The van der Waals surface area contributed by atoms with Crippen molar-refractivity contribution in [3.8, 4) is 0 Å². The van der Waals surface area contributed by atoms with Gasteiger partial charge >= 0.3 is 5.69 Å². The Hall–Kier alpha value is -2.56. The molecule has 2 aromatic carbocycles. The topological polar surface area (TPSA) is 111 Å². The average molecular weight is 412 g/mol. The number of anilines is 1. The van der Waals surface area contributed by atoms with Crippen molar-refractivity contribution in [1.82, 2.24) is 0 Å². The lowest BCUT2D eigenvalue weighted by atomic mass is 10.2. The van der Waals surface area contributed by atoms with Gasteiger partial charge in [0.25, 0.3) is 5.69 Å². The molecule has 0 saturated carbocycles. The molecule has 2 rings (SSSR count). The highest BCUT2D eigenvalue weighted by Gasteiger charge is 2.18. The van der Waals surface area contributed by atoms with Crippen molar-refractivity contribution in [2.24, 2.45) is 5.10 Å². The van der Waals surface area contributed by atoms with Gasteiger partial charge < -0.3 is 0 Å². The molecule has 0 aliphatic heterocycles. The van der Waals surface area contributed by atoms with E-state index in [-0.39, 0.29) is 11.4 Å². The van der Waals surface area contributed by atoms with Gasteiger partial charge in [-0.1, -0.05) is 12.1 Å². The number of benzene rings is 2. The summed E-state index contributed by atoms with van der Waals surface area (Å²) in [6.45, 7) is 0. The summed E-state index contributed by atoms with van der Waals surface area (Å²) in [7, 11) is 0. The molecular weight excluding hydrogens is 403 g/mol. The van der Waals surface area contributed by atoms with Gasteiger partial charge in [-0.15, -0.1) is 0 Å². The zero-order valence-electron chi connectivity index (χ0n) is 11.0. The van der Waals surface area contributed by atoms with Crippen LogP contribution in [0.15, 0.2) is 47.6 Å². The second-order valence-corrected chi connectivity index (χ2v) is 5.38. The van der Waals surface area contributed by atoms with Crippen molar-refractivity contribution in [3.05, 3.63) is 71.8 Å². The summed E-state index contributed by atoms with van der Waals surface area (Å²) >= 11 is 2.17. The first-order valence-electron chi connectivity index (χ1n) is 5.95. The summed E-state index contributed by atoms with van der Waals surface area (Å²) in [6.07, 6.45) is 1.50. The first-order chi connectivity index (χ1) is 10.5. The standard InChI is InChI=1S/C13H9IN4O4/c14-10-3-1-9(2-4-10)8-15-16-12-6-5-11(17(19)20)7-13(12)18(21)22/h1-8,16H. The molecule has 9 heteroatoms. The average Bonchev–Trinajstić information content (AvgIpc) is 2.49. The monoisotopic (exact) mass is 412 g/mol. The van der Waals surface area contributed by atoms with Crippen LogP contribution in [0.25, 0.3) is 0 Å². The zero-order chi connectivity index (χ0) is 16.1. The van der Waals surface area contributed by atoms with Crippen LogP contribution in [0.5, 0.6) is 0 Å². The Labute approximate surface area is 138 Å². The molecular formula is C13H9IN4O4. The summed E-state index contributed by atoms with van der Waals surface area (Å²) < 4.78 is 1.08. The van der Waals surface area contributed by atoms with E-state index < -0.39 is 15.5 Å². The fourth-order valence-electron chi connectivity index (χ4n) is 1.60. The minimum atomic E-state index is -0.699. The summed E-state index contributed by atoms with van der Waals surface area (Å²) in [5.74, 6) is 0. The molecule has 0 radical (unpaired) electrons. The van der Waals surface area contributed by atoms with Crippen LogP contribution in [0.4, 0.5) is 17.1 Å². The van der Waals surface area contributed by atoms with Crippen molar-refractivity contribution < 1.29 is 9.85 Å². The summed E-state index contributed by atoms with van der Waals surface area (Å²) in [5, 5.41) is 25.5. The zero-order valence-corrected chi connectivity index (χ0v) is 13.1. The fraction of sp³-hybridized carbons (Fsp3) is 0. The van der Waals surface area contributed by atoms with Crippen molar-refractivity contribution in [1.29, 1.82) is 0 Å². The molecule has 0 aliphatic carbocycles. The Kier molecular flexibility index (Phi) is 4.99. The van der Waals surface area contributed by atoms with Gasteiger partial charge in [-0.25, -0.2) is 0 Å². The van der Waals surface area contributed by atoms with Crippen LogP contribution < -0.4 is 5.43 Å². The molecule has 112 valence electrons. The van der Waals surface area contributed by atoms with Crippen LogP contribution in [-0.2, 0) is 0 Å². The molecule has 0 aromatic heterocycles. The maximum atomic E-state index is 11.0. The van der Waals surface area contributed by atoms with Crippen molar-refractivity contribution in [2.75, 3.05) is 5.43 Å². The Morgan fingerprint density at radius 1 is 1.05 bits per heavy atom. The normalized spacial score (nSPS) is 10.6. The Morgan fingerprint density at radius 3 is 2.32 bits per heavy atom. The molecule has 22 heavy (non-hydrogen) atoms. The molecule has 0 heterocycles. The van der Waals surface area contributed by atoms with Crippen LogP contribution in [0.2, 0.25) is 0 Å². The van der Waals surface area contributed by atoms with Gasteiger partial charge in [0.1, 0.15) is 5.69 Å². The number of halogens is 1. The SMILES string of the molecule is O=[N+]([O-])c1ccc(NN=Cc2ccc(I)cc2)c([N+](=O)[O-])c1. The van der Waals surface area contributed by atoms with Gasteiger partial charge in [-0.05, 0) is 46.4 Å². The minimum Gasteiger partial charge on any atom is -0.272 e. The highest BCUT2D eigenvalue weighted by molar-refractivity contribution is 14.1. The number of hydrogen-bond acceptors (Lipinski definition) is 6. The van der Waals surface area contributed by atoms with Crippen LogP contribution in [-0.4, -0.2) is 16.1 Å². The summed E-state index contributed by atoms with van der Waals surface area (Å²) in [4.78, 5) is 20.2. The molecule has 0 unspecified atom stereocenters. The van der Waals surface area contributed by atoms with Crippen LogP contribution in [0, 0.1) is 23.8 Å². The number of rotatable bonds is 5. The largest absolute Gasteiger partial charge is 0.301 e. The first-order valence-corrected chi connectivity index (χ1v) is 7.03. The molecule has 0 atom stereocenters. The predicted molar refractivity (Wildman–Crippen MR) is 90.1 cm³/mol. The number of hydrogen-bond donors (Lipinski definition) is 1. The van der Waals surface area contributed by atoms with E-state index in [1.54, 1.807) is 0 Å². The number of nitrogens with one attached hydrogen (secondary N) is 1. The van der Waals surface area contributed by atoms with Gasteiger partial charge in [0.15, 0.2) is 0 Å².